The predicted molar refractivity (Wildman–Crippen MR) is 165 cm³/mol. The number of aliphatic hydroxyl groups is 1. The molecule has 2 aromatic carbocycles. The molecule has 3 heterocycles. The summed E-state index contributed by atoms with van der Waals surface area (Å²) in [5.74, 6) is -3.56. The summed E-state index contributed by atoms with van der Waals surface area (Å²) in [7, 11) is 0. The van der Waals surface area contributed by atoms with Crippen LogP contribution in [0.1, 0.15) is 16.8 Å². The number of carbonyl (C=O) groups is 4. The van der Waals surface area contributed by atoms with Gasteiger partial charge in [0.25, 0.3) is 0 Å². The average Bonchev–Trinajstić information content (AvgIpc) is 3.80. The molecular formula is C31H34N8O6. The first kappa shape index (κ1) is 31.0. The quantitative estimate of drug-likeness (QED) is 0.0840. The van der Waals surface area contributed by atoms with Crippen molar-refractivity contribution in [2.24, 2.45) is 5.73 Å². The van der Waals surface area contributed by atoms with Crippen LogP contribution in [-0.2, 0) is 38.4 Å². The van der Waals surface area contributed by atoms with Gasteiger partial charge in [0.05, 0.1) is 19.0 Å². The summed E-state index contributed by atoms with van der Waals surface area (Å²) in [5, 5.41) is 29.1. The smallest absolute Gasteiger partial charge is 0.326 e. The molecule has 0 spiro atoms. The van der Waals surface area contributed by atoms with Gasteiger partial charge in [0.2, 0.25) is 17.7 Å². The van der Waals surface area contributed by atoms with Crippen molar-refractivity contribution >= 4 is 45.5 Å². The Balaban J connectivity index is 1.25. The zero-order valence-corrected chi connectivity index (χ0v) is 24.1. The summed E-state index contributed by atoms with van der Waals surface area (Å²) in [5.41, 5.74) is 9.86. The Morgan fingerprint density at radius 1 is 0.733 bits per heavy atom. The highest BCUT2D eigenvalue weighted by atomic mass is 16.4. The third-order valence-electron chi connectivity index (χ3n) is 7.59. The molecule has 0 saturated heterocycles. The Bertz CT molecular complexity index is 1800. The van der Waals surface area contributed by atoms with Crippen LogP contribution >= 0.6 is 0 Å². The molecule has 0 saturated carbocycles. The summed E-state index contributed by atoms with van der Waals surface area (Å²) in [6.45, 7) is -0.770. The Morgan fingerprint density at radius 2 is 1.29 bits per heavy atom. The van der Waals surface area contributed by atoms with Gasteiger partial charge >= 0.3 is 5.97 Å². The molecule has 0 radical (unpaired) electrons. The topological polar surface area (TPSA) is 231 Å². The van der Waals surface area contributed by atoms with Gasteiger partial charge in [0.15, 0.2) is 0 Å². The number of nitrogens with zero attached hydrogens (tertiary/aromatic N) is 1. The van der Waals surface area contributed by atoms with Crippen LogP contribution in [0, 0.1) is 0 Å². The lowest BCUT2D eigenvalue weighted by atomic mass is 10.0. The number of amides is 3. The molecular weight excluding hydrogens is 580 g/mol. The van der Waals surface area contributed by atoms with Crippen LogP contribution in [0.5, 0.6) is 0 Å². The van der Waals surface area contributed by atoms with Gasteiger partial charge in [0.1, 0.15) is 18.1 Å². The van der Waals surface area contributed by atoms with Crippen LogP contribution in [0.3, 0.4) is 0 Å². The zero-order valence-electron chi connectivity index (χ0n) is 24.1. The highest BCUT2D eigenvalue weighted by Crippen LogP contribution is 2.20. The lowest BCUT2D eigenvalue weighted by Gasteiger charge is -2.24. The summed E-state index contributed by atoms with van der Waals surface area (Å²) in [6.07, 6.45) is 6.40. The van der Waals surface area contributed by atoms with Crippen LogP contribution in [0.4, 0.5) is 0 Å². The molecule has 3 amide bonds. The molecule has 3 aromatic heterocycles. The van der Waals surface area contributed by atoms with Gasteiger partial charge in [-0.05, 0) is 29.7 Å². The summed E-state index contributed by atoms with van der Waals surface area (Å²) in [6, 6.07) is 9.89. The standard InChI is InChI=1S/C31H34N8O6/c32-22(9-17-12-34-23-7-3-1-5-20(17)23)28(41)39-27(15-40)30(43)37-25(11-19-14-33-16-36-19)29(42)38-26(31(44)45)10-18-13-35-24-8-4-2-6-21(18)24/h1-8,12-14,16,22,25-27,34-35,40H,9-11,15,32H2,(H,33,36)(H,37,43)(H,38,42)(H,39,41)(H,44,45). The molecule has 5 aromatic rings. The molecule has 0 bridgehead atoms. The number of nitrogens with two attached hydrogens (primary N) is 1. The first-order valence-corrected chi connectivity index (χ1v) is 14.3. The lowest BCUT2D eigenvalue weighted by Crippen LogP contribution is -2.58. The number of para-hydroxylation sites is 2. The fourth-order valence-corrected chi connectivity index (χ4v) is 5.19. The van der Waals surface area contributed by atoms with Crippen LogP contribution < -0.4 is 21.7 Å². The number of hydrogen-bond acceptors (Lipinski definition) is 7. The van der Waals surface area contributed by atoms with Crippen molar-refractivity contribution in [3.05, 3.63) is 90.3 Å². The van der Waals surface area contributed by atoms with Gasteiger partial charge in [-0.25, -0.2) is 9.78 Å². The number of rotatable bonds is 14. The minimum atomic E-state index is -1.43. The molecule has 4 unspecified atom stereocenters. The molecule has 234 valence electrons. The Kier molecular flexibility index (Phi) is 9.55. The second-order valence-corrected chi connectivity index (χ2v) is 10.7. The molecule has 0 aliphatic heterocycles. The number of carboxylic acid groups (broad SMARTS) is 1. The Labute approximate surface area is 256 Å². The molecule has 5 rings (SSSR count). The third-order valence-corrected chi connectivity index (χ3v) is 7.59. The van der Waals surface area contributed by atoms with E-state index in [0.29, 0.717) is 11.3 Å². The first-order chi connectivity index (χ1) is 21.7. The molecule has 0 aliphatic rings. The van der Waals surface area contributed by atoms with Crippen molar-refractivity contribution in [1.29, 1.82) is 0 Å². The van der Waals surface area contributed by atoms with Crippen LogP contribution in [0.25, 0.3) is 21.8 Å². The number of hydrogen-bond donors (Lipinski definition) is 9. The van der Waals surface area contributed by atoms with E-state index < -0.39 is 54.5 Å². The molecule has 14 heteroatoms. The maximum Gasteiger partial charge on any atom is 0.326 e. The van der Waals surface area contributed by atoms with E-state index in [4.69, 9.17) is 5.73 Å². The second kappa shape index (κ2) is 13.9. The van der Waals surface area contributed by atoms with Crippen LogP contribution in [0.15, 0.2) is 73.4 Å². The third kappa shape index (κ3) is 7.37. The zero-order chi connectivity index (χ0) is 31.9. The SMILES string of the molecule is NC(Cc1c[nH]c2ccccc12)C(=O)NC(CO)C(=O)NC(Cc1cnc[nH]1)C(=O)NC(Cc1c[nH]c2ccccc12)C(=O)O. The minimum absolute atomic E-state index is 0.0144. The van der Waals surface area contributed by atoms with E-state index in [0.717, 1.165) is 27.4 Å². The van der Waals surface area contributed by atoms with Gasteiger partial charge in [-0.3, -0.25) is 14.4 Å². The molecule has 0 fully saturated rings. The van der Waals surface area contributed by atoms with Crippen molar-refractivity contribution in [3.63, 3.8) is 0 Å². The molecule has 4 atom stereocenters. The van der Waals surface area contributed by atoms with Crippen molar-refractivity contribution in [2.75, 3.05) is 6.61 Å². The summed E-state index contributed by atoms with van der Waals surface area (Å²) < 4.78 is 0. The molecule has 14 nitrogen and oxygen atoms in total. The molecule has 45 heavy (non-hydrogen) atoms. The number of benzene rings is 2. The normalized spacial score (nSPS) is 14.0. The van der Waals surface area contributed by atoms with Crippen molar-refractivity contribution in [2.45, 2.75) is 43.4 Å². The number of aromatic nitrogens is 4. The number of fused-ring (bicyclic) bond motifs is 2. The minimum Gasteiger partial charge on any atom is -0.480 e. The number of aromatic amines is 3. The van der Waals surface area contributed by atoms with Crippen molar-refractivity contribution in [3.8, 4) is 0 Å². The predicted octanol–water partition coefficient (Wildman–Crippen LogP) is 0.259. The number of carboxylic acids is 1. The second-order valence-electron chi connectivity index (χ2n) is 10.7. The van der Waals surface area contributed by atoms with Crippen molar-refractivity contribution in [1.82, 2.24) is 35.9 Å². The van der Waals surface area contributed by atoms with E-state index >= 15 is 0 Å². The maximum absolute atomic E-state index is 13.4. The van der Waals surface area contributed by atoms with Crippen LogP contribution in [0.2, 0.25) is 0 Å². The van der Waals surface area contributed by atoms with E-state index in [2.05, 4.69) is 35.9 Å². The van der Waals surface area contributed by atoms with Gasteiger partial charge < -0.3 is 46.8 Å². The summed E-state index contributed by atoms with van der Waals surface area (Å²) >= 11 is 0. The highest BCUT2D eigenvalue weighted by Gasteiger charge is 2.31. The fourth-order valence-electron chi connectivity index (χ4n) is 5.19. The van der Waals surface area contributed by atoms with E-state index in [1.54, 1.807) is 12.4 Å². The van der Waals surface area contributed by atoms with Gasteiger partial charge in [-0.15, -0.1) is 0 Å². The van der Waals surface area contributed by atoms with Crippen LogP contribution in [-0.4, -0.2) is 84.6 Å². The number of carbonyl (C=O) groups excluding carboxylic acids is 3. The Morgan fingerprint density at radius 3 is 1.87 bits per heavy atom. The highest BCUT2D eigenvalue weighted by molar-refractivity contribution is 5.95. The van der Waals surface area contributed by atoms with E-state index in [1.807, 2.05) is 48.5 Å². The first-order valence-electron chi connectivity index (χ1n) is 14.3. The van der Waals surface area contributed by atoms with E-state index in [9.17, 15) is 29.4 Å². The van der Waals surface area contributed by atoms with Crippen molar-refractivity contribution < 1.29 is 29.4 Å². The van der Waals surface area contributed by atoms with Gasteiger partial charge in [-0.2, -0.15) is 0 Å². The fraction of sp³-hybridized carbons (Fsp3) is 0.258. The number of H-pyrrole nitrogens is 3. The van der Waals surface area contributed by atoms with E-state index in [-0.39, 0.29) is 19.3 Å². The Hall–Kier alpha value is -5.47. The maximum atomic E-state index is 13.4. The van der Waals surface area contributed by atoms with Gasteiger partial charge in [0, 0.05) is 58.9 Å². The number of nitrogens with one attached hydrogen (secondary N) is 6. The summed E-state index contributed by atoms with van der Waals surface area (Å²) in [4.78, 5) is 64.7. The molecule has 0 aliphatic carbocycles. The average molecular weight is 615 g/mol. The van der Waals surface area contributed by atoms with Gasteiger partial charge in [-0.1, -0.05) is 36.4 Å². The number of imidazole rings is 1. The monoisotopic (exact) mass is 614 g/mol. The lowest BCUT2D eigenvalue weighted by molar-refractivity contribution is -0.142. The molecule has 10 N–H and O–H groups in total. The number of aliphatic carboxylic acids is 1. The largest absolute Gasteiger partial charge is 0.480 e. The number of aliphatic hydroxyl groups excluding tert-OH is 1. The van der Waals surface area contributed by atoms with E-state index in [1.165, 1.54) is 12.5 Å².